The molecule has 2 aliphatic rings. The summed E-state index contributed by atoms with van der Waals surface area (Å²) < 4.78 is 36.6. The molecule has 1 saturated heterocycles. The summed E-state index contributed by atoms with van der Waals surface area (Å²) >= 11 is 0. The number of para-hydroxylation sites is 1. The lowest BCUT2D eigenvalue weighted by molar-refractivity contribution is -0.150. The molecule has 7 rings (SSSR count). The first kappa shape index (κ1) is 27.5. The van der Waals surface area contributed by atoms with E-state index in [0.29, 0.717) is 17.1 Å². The van der Waals surface area contributed by atoms with Crippen molar-refractivity contribution >= 4 is 28.0 Å². The van der Waals surface area contributed by atoms with Gasteiger partial charge in [-0.15, -0.1) is 0 Å². The highest BCUT2D eigenvalue weighted by Gasteiger charge is 2.47. The molecule has 1 aliphatic carbocycles. The number of carbonyl (C=O) groups excluding carboxylic acids is 1. The number of rotatable bonds is 6. The van der Waals surface area contributed by atoms with Gasteiger partial charge in [-0.1, -0.05) is 24.3 Å². The summed E-state index contributed by atoms with van der Waals surface area (Å²) in [6.07, 6.45) is 7.30. The predicted molar refractivity (Wildman–Crippen MR) is 162 cm³/mol. The van der Waals surface area contributed by atoms with Crippen LogP contribution in [0.2, 0.25) is 0 Å². The third-order valence-corrected chi connectivity index (χ3v) is 9.12. The number of halogens is 2. The van der Waals surface area contributed by atoms with Gasteiger partial charge in [-0.25, -0.2) is 13.8 Å². The van der Waals surface area contributed by atoms with Crippen LogP contribution in [0, 0.1) is 6.92 Å². The zero-order valence-corrected chi connectivity index (χ0v) is 24.5. The van der Waals surface area contributed by atoms with Crippen LogP contribution in [0.1, 0.15) is 53.6 Å². The molecule has 5 aromatic rings. The highest BCUT2D eigenvalue weighted by Crippen LogP contribution is 2.41. The lowest BCUT2D eigenvalue weighted by atomic mass is 9.83. The van der Waals surface area contributed by atoms with Crippen LogP contribution in [0.5, 0.6) is 5.75 Å². The second-order valence-corrected chi connectivity index (χ2v) is 11.8. The van der Waals surface area contributed by atoms with Crippen LogP contribution in [-0.2, 0) is 7.05 Å². The number of imidazole rings is 1. The average molecular weight is 585 g/mol. The quantitative estimate of drug-likeness (QED) is 0.249. The zero-order valence-electron chi connectivity index (χ0n) is 24.5. The Kier molecular flexibility index (Phi) is 6.69. The first-order valence-electron chi connectivity index (χ1n) is 14.7. The van der Waals surface area contributed by atoms with Crippen molar-refractivity contribution in [2.45, 2.75) is 50.5 Å². The van der Waals surface area contributed by atoms with Gasteiger partial charge in [0.15, 0.2) is 0 Å². The van der Waals surface area contributed by atoms with E-state index in [9.17, 15) is 13.6 Å². The number of carbonyl (C=O) groups is 1. The minimum absolute atomic E-state index is 0.121. The molecule has 3 aromatic heterocycles. The average Bonchev–Trinajstić information content (AvgIpc) is 3.55. The summed E-state index contributed by atoms with van der Waals surface area (Å²) in [7, 11) is 3.47. The SMILES string of the molecule is COc1cc(-c2nc([C@H]3CC[C@@H](N4CC(F)(F)C4)CC3)n3ccnc(C)c23)ccc1NC(=O)c1cc2ccccc2n1C. The molecule has 1 saturated carbocycles. The number of hydrogen-bond acceptors (Lipinski definition) is 5. The Morgan fingerprint density at radius 3 is 2.56 bits per heavy atom. The van der Waals surface area contributed by atoms with Crippen LogP contribution in [0.25, 0.3) is 27.7 Å². The van der Waals surface area contributed by atoms with Gasteiger partial charge in [-0.05, 0) is 56.9 Å². The molecule has 1 N–H and O–H groups in total. The minimum Gasteiger partial charge on any atom is -0.495 e. The largest absolute Gasteiger partial charge is 0.495 e. The number of methoxy groups -OCH3 is 1. The van der Waals surface area contributed by atoms with E-state index in [1.165, 1.54) is 0 Å². The Balaban J connectivity index is 1.17. The van der Waals surface area contributed by atoms with Crippen molar-refractivity contribution in [2.24, 2.45) is 7.05 Å². The third-order valence-electron chi connectivity index (χ3n) is 9.12. The number of alkyl halides is 2. The topological polar surface area (TPSA) is 76.7 Å². The normalized spacial score (nSPS) is 20.3. The van der Waals surface area contributed by atoms with Crippen LogP contribution >= 0.6 is 0 Å². The van der Waals surface area contributed by atoms with Crippen LogP contribution < -0.4 is 10.1 Å². The van der Waals surface area contributed by atoms with E-state index in [4.69, 9.17) is 9.72 Å². The van der Waals surface area contributed by atoms with E-state index >= 15 is 0 Å². The summed E-state index contributed by atoms with van der Waals surface area (Å²) in [6.45, 7) is 1.73. The van der Waals surface area contributed by atoms with Gasteiger partial charge in [0.1, 0.15) is 17.3 Å². The number of nitrogens with zero attached hydrogens (tertiary/aromatic N) is 5. The number of aromatic nitrogens is 4. The molecule has 43 heavy (non-hydrogen) atoms. The van der Waals surface area contributed by atoms with Crippen molar-refractivity contribution in [1.29, 1.82) is 0 Å². The van der Waals surface area contributed by atoms with Crippen molar-refractivity contribution in [3.63, 3.8) is 0 Å². The third kappa shape index (κ3) is 4.83. The minimum atomic E-state index is -2.54. The number of aryl methyl sites for hydroxylation is 2. The zero-order chi connectivity index (χ0) is 29.9. The maximum Gasteiger partial charge on any atom is 0.272 e. The molecule has 2 fully saturated rings. The molecule has 8 nitrogen and oxygen atoms in total. The summed E-state index contributed by atoms with van der Waals surface area (Å²) in [5, 5.41) is 4.02. The molecule has 0 radical (unpaired) electrons. The monoisotopic (exact) mass is 584 g/mol. The summed E-state index contributed by atoms with van der Waals surface area (Å²) in [5.41, 5.74) is 5.55. The summed E-state index contributed by atoms with van der Waals surface area (Å²) in [5.74, 6) is -1.04. The van der Waals surface area contributed by atoms with Crippen LogP contribution in [-0.4, -0.2) is 61.9 Å². The van der Waals surface area contributed by atoms with Gasteiger partial charge in [-0.3, -0.25) is 19.1 Å². The summed E-state index contributed by atoms with van der Waals surface area (Å²) in [6, 6.07) is 15.7. The Morgan fingerprint density at radius 2 is 1.84 bits per heavy atom. The maximum absolute atomic E-state index is 13.4. The maximum atomic E-state index is 13.4. The van der Waals surface area contributed by atoms with E-state index in [0.717, 1.165) is 64.9 Å². The molecule has 0 bridgehead atoms. The van der Waals surface area contributed by atoms with E-state index in [1.54, 1.807) is 13.3 Å². The second kappa shape index (κ2) is 10.4. The van der Waals surface area contributed by atoms with Crippen LogP contribution in [0.15, 0.2) is 60.9 Å². The number of fused-ring (bicyclic) bond motifs is 2. The van der Waals surface area contributed by atoms with Gasteiger partial charge in [0.25, 0.3) is 11.8 Å². The van der Waals surface area contributed by atoms with Gasteiger partial charge in [-0.2, -0.15) is 0 Å². The Morgan fingerprint density at radius 1 is 1.07 bits per heavy atom. The van der Waals surface area contributed by atoms with E-state index in [2.05, 4.69) is 14.7 Å². The summed E-state index contributed by atoms with van der Waals surface area (Å²) in [4.78, 5) is 24.9. The number of ether oxygens (including phenoxy) is 1. The van der Waals surface area contributed by atoms with Crippen LogP contribution in [0.3, 0.4) is 0 Å². The van der Waals surface area contributed by atoms with E-state index in [-0.39, 0.29) is 31.0 Å². The molecule has 0 atom stereocenters. The molecule has 4 heterocycles. The molecule has 1 amide bonds. The Labute approximate surface area is 248 Å². The lowest BCUT2D eigenvalue weighted by Gasteiger charge is -2.46. The van der Waals surface area contributed by atoms with E-state index < -0.39 is 5.92 Å². The number of nitrogens with one attached hydrogen (secondary N) is 1. The molecule has 10 heteroatoms. The number of likely N-dealkylation sites (tertiary alicyclic amines) is 1. The lowest BCUT2D eigenvalue weighted by Crippen LogP contribution is -2.60. The number of amides is 1. The van der Waals surface area contributed by atoms with Crippen molar-refractivity contribution in [3.8, 4) is 17.0 Å². The van der Waals surface area contributed by atoms with Crippen LogP contribution in [0.4, 0.5) is 14.5 Å². The standard InChI is InChI=1S/C33H34F2N6O2/c1-20-30-29(38-31(41(30)15-14-36-20)21-8-11-24(12-9-21)40-18-33(34,35)19-40)23-10-13-25(28(17-23)43-3)37-32(42)27-16-22-6-4-5-7-26(22)39(27)2/h4-7,10,13-17,21,24H,8-9,11-12,18-19H2,1-3H3,(H,37,42)/t21-,24+. The molecule has 0 unspecified atom stereocenters. The highest BCUT2D eigenvalue weighted by molar-refractivity contribution is 6.07. The smallest absolute Gasteiger partial charge is 0.272 e. The fraction of sp³-hybridized carbons (Fsp3) is 0.364. The first-order chi connectivity index (χ1) is 20.7. The number of anilines is 1. The first-order valence-corrected chi connectivity index (χ1v) is 14.7. The van der Waals surface area contributed by atoms with Gasteiger partial charge in [0.2, 0.25) is 0 Å². The molecule has 1 aliphatic heterocycles. The van der Waals surface area contributed by atoms with Crippen molar-refractivity contribution in [1.82, 2.24) is 23.8 Å². The molecule has 222 valence electrons. The van der Waals surface area contributed by atoms with Gasteiger partial charge < -0.3 is 14.6 Å². The van der Waals surface area contributed by atoms with Gasteiger partial charge >= 0.3 is 0 Å². The number of benzene rings is 2. The van der Waals surface area contributed by atoms with Crippen molar-refractivity contribution in [3.05, 3.63) is 78.1 Å². The van der Waals surface area contributed by atoms with Crippen molar-refractivity contribution < 1.29 is 18.3 Å². The van der Waals surface area contributed by atoms with Gasteiger partial charge in [0, 0.05) is 47.9 Å². The highest BCUT2D eigenvalue weighted by atomic mass is 19.3. The second-order valence-electron chi connectivity index (χ2n) is 11.8. The molecule has 0 spiro atoms. The fourth-order valence-corrected chi connectivity index (χ4v) is 6.85. The van der Waals surface area contributed by atoms with E-state index in [1.807, 2.05) is 78.2 Å². The Hall–Kier alpha value is -4.31. The van der Waals surface area contributed by atoms with Crippen molar-refractivity contribution in [2.75, 3.05) is 25.5 Å². The molecular weight excluding hydrogens is 550 g/mol. The number of hydrogen-bond donors (Lipinski definition) is 1. The predicted octanol–water partition coefficient (Wildman–Crippen LogP) is 6.43. The molecule has 2 aromatic carbocycles. The fourth-order valence-electron chi connectivity index (χ4n) is 6.85. The van der Waals surface area contributed by atoms with Gasteiger partial charge in [0.05, 0.1) is 42.8 Å². The molecular formula is C33H34F2N6O2. The Bertz CT molecular complexity index is 1850.